The van der Waals surface area contributed by atoms with E-state index in [2.05, 4.69) is 25.3 Å². The molecule has 3 heterocycles. The molecule has 0 bridgehead atoms. The molecule has 0 unspecified atom stereocenters. The molecule has 3 aromatic heterocycles. The van der Waals surface area contributed by atoms with Gasteiger partial charge in [0.15, 0.2) is 0 Å². The van der Waals surface area contributed by atoms with Gasteiger partial charge in [0, 0.05) is 18.3 Å². The maximum Gasteiger partial charge on any atom is 0.433 e. The van der Waals surface area contributed by atoms with Crippen molar-refractivity contribution in [2.75, 3.05) is 18.2 Å². The van der Waals surface area contributed by atoms with Gasteiger partial charge in [-0.1, -0.05) is 12.1 Å². The molecule has 0 spiro atoms. The van der Waals surface area contributed by atoms with Crippen LogP contribution in [0.15, 0.2) is 55.0 Å². The van der Waals surface area contributed by atoms with Crippen molar-refractivity contribution in [1.29, 1.82) is 0 Å². The van der Waals surface area contributed by atoms with Crippen molar-refractivity contribution in [1.82, 2.24) is 19.9 Å². The highest BCUT2D eigenvalue weighted by molar-refractivity contribution is 5.85. The number of methoxy groups -OCH3 is 1. The second kappa shape index (κ2) is 8.05. The third kappa shape index (κ3) is 4.47. The molecule has 0 aliphatic rings. The second-order valence-electron chi connectivity index (χ2n) is 6.68. The molecule has 1 aromatic carbocycles. The molecular formula is C21H17F3N6O. The van der Waals surface area contributed by atoms with E-state index in [9.17, 15) is 13.2 Å². The molecule has 0 saturated carbocycles. The van der Waals surface area contributed by atoms with Crippen LogP contribution in [0.4, 0.5) is 24.7 Å². The third-order valence-corrected chi connectivity index (χ3v) is 4.52. The Morgan fingerprint density at radius 2 is 1.81 bits per heavy atom. The summed E-state index contributed by atoms with van der Waals surface area (Å²) in [4.78, 5) is 16.5. The number of hydrogen-bond acceptors (Lipinski definition) is 7. The van der Waals surface area contributed by atoms with Gasteiger partial charge in [0.1, 0.15) is 11.5 Å². The Morgan fingerprint density at radius 3 is 2.52 bits per heavy atom. The number of nitrogens with two attached hydrogens (primary N) is 1. The molecule has 0 radical (unpaired) electrons. The number of aromatic nitrogens is 4. The number of nitrogens with zero attached hydrogens (tertiary/aromatic N) is 4. The van der Waals surface area contributed by atoms with Crippen molar-refractivity contribution in [3.05, 3.63) is 66.2 Å². The first-order chi connectivity index (χ1) is 14.8. The van der Waals surface area contributed by atoms with Crippen molar-refractivity contribution in [3.8, 4) is 17.0 Å². The Balaban J connectivity index is 1.63. The van der Waals surface area contributed by atoms with Crippen molar-refractivity contribution in [3.63, 3.8) is 0 Å². The molecule has 0 fully saturated rings. The molecule has 0 aliphatic carbocycles. The highest BCUT2D eigenvalue weighted by Gasteiger charge is 2.31. The highest BCUT2D eigenvalue weighted by atomic mass is 19.4. The summed E-state index contributed by atoms with van der Waals surface area (Å²) in [5.41, 5.74) is 8.89. The van der Waals surface area contributed by atoms with E-state index < -0.39 is 11.9 Å². The Hall–Kier alpha value is -3.95. The first-order valence-corrected chi connectivity index (χ1v) is 9.16. The number of nitrogen functional groups attached to an aromatic ring is 1. The predicted octanol–water partition coefficient (Wildman–Crippen LogP) is 4.31. The second-order valence-corrected chi connectivity index (χ2v) is 6.68. The van der Waals surface area contributed by atoms with Crippen LogP contribution in [0.1, 0.15) is 11.3 Å². The van der Waals surface area contributed by atoms with Crippen molar-refractivity contribution < 1.29 is 17.9 Å². The zero-order chi connectivity index (χ0) is 22.0. The highest BCUT2D eigenvalue weighted by Crippen LogP contribution is 2.31. The molecule has 158 valence electrons. The lowest BCUT2D eigenvalue weighted by molar-refractivity contribution is -0.141. The fraction of sp³-hybridized carbons (Fsp3) is 0.143. The summed E-state index contributed by atoms with van der Waals surface area (Å²) in [7, 11) is 1.51. The first-order valence-electron chi connectivity index (χ1n) is 9.16. The summed E-state index contributed by atoms with van der Waals surface area (Å²) >= 11 is 0. The van der Waals surface area contributed by atoms with E-state index in [1.165, 1.54) is 31.8 Å². The molecule has 7 nitrogen and oxygen atoms in total. The van der Waals surface area contributed by atoms with Gasteiger partial charge in [-0.25, -0.2) is 15.0 Å². The number of nitrogens with one attached hydrogen (secondary N) is 1. The summed E-state index contributed by atoms with van der Waals surface area (Å²) in [5.74, 6) is 0.910. The smallest absolute Gasteiger partial charge is 0.433 e. The predicted molar refractivity (Wildman–Crippen MR) is 110 cm³/mol. The molecule has 3 N–H and O–H groups in total. The van der Waals surface area contributed by atoms with Gasteiger partial charge in [-0.15, -0.1) is 0 Å². The van der Waals surface area contributed by atoms with Gasteiger partial charge < -0.3 is 15.8 Å². The van der Waals surface area contributed by atoms with E-state index in [0.717, 1.165) is 11.6 Å². The molecule has 4 aromatic rings. The number of fused-ring (bicyclic) bond motifs is 1. The van der Waals surface area contributed by atoms with Crippen LogP contribution in [0.2, 0.25) is 0 Å². The Morgan fingerprint density at radius 1 is 0.968 bits per heavy atom. The summed E-state index contributed by atoms with van der Waals surface area (Å²) in [6.07, 6.45) is -0.250. The van der Waals surface area contributed by atoms with Crippen LogP contribution >= 0.6 is 0 Å². The normalized spacial score (nSPS) is 11.5. The molecule has 0 aliphatic heterocycles. The fourth-order valence-corrected chi connectivity index (χ4v) is 2.98. The minimum Gasteiger partial charge on any atom is -0.480 e. The number of halogens is 3. The molecule has 31 heavy (non-hydrogen) atoms. The fourth-order valence-electron chi connectivity index (χ4n) is 2.98. The van der Waals surface area contributed by atoms with E-state index in [4.69, 9.17) is 10.5 Å². The Kier molecular flexibility index (Phi) is 5.28. The van der Waals surface area contributed by atoms with Gasteiger partial charge in [-0.2, -0.15) is 13.2 Å². The van der Waals surface area contributed by atoms with Gasteiger partial charge in [-0.05, 0) is 35.4 Å². The van der Waals surface area contributed by atoms with Gasteiger partial charge in [0.25, 0.3) is 0 Å². The number of benzene rings is 1. The quantitative estimate of drug-likeness (QED) is 0.491. The van der Waals surface area contributed by atoms with Gasteiger partial charge in [0.2, 0.25) is 5.88 Å². The lowest BCUT2D eigenvalue weighted by atomic mass is 10.0. The number of pyridine rings is 2. The molecule has 10 heteroatoms. The van der Waals surface area contributed by atoms with E-state index in [-0.39, 0.29) is 6.54 Å². The molecule has 0 amide bonds. The SMILES string of the molecule is COc1cnc2ccc(-c3cc(N)cnc3NCc3ccc(C(F)(F)F)nc3)cc2n1. The monoisotopic (exact) mass is 426 g/mol. The first kappa shape index (κ1) is 20.3. The van der Waals surface area contributed by atoms with Crippen molar-refractivity contribution >= 4 is 22.5 Å². The average Bonchev–Trinajstić information content (AvgIpc) is 2.77. The summed E-state index contributed by atoms with van der Waals surface area (Å²) < 4.78 is 43.2. The number of anilines is 2. The van der Waals surface area contributed by atoms with E-state index >= 15 is 0 Å². The maximum atomic E-state index is 12.7. The zero-order valence-electron chi connectivity index (χ0n) is 16.3. The molecule has 0 atom stereocenters. The number of rotatable bonds is 5. The maximum absolute atomic E-state index is 12.7. The third-order valence-electron chi connectivity index (χ3n) is 4.52. The summed E-state index contributed by atoms with van der Waals surface area (Å²) in [6, 6.07) is 9.61. The Labute approximate surface area is 175 Å². The van der Waals surface area contributed by atoms with Gasteiger partial charge in [0.05, 0.1) is 36.2 Å². The lowest BCUT2D eigenvalue weighted by Gasteiger charge is -2.13. The number of hydrogen-bond donors (Lipinski definition) is 2. The summed E-state index contributed by atoms with van der Waals surface area (Å²) in [5, 5.41) is 3.14. The van der Waals surface area contributed by atoms with E-state index in [1.54, 1.807) is 6.07 Å². The summed E-state index contributed by atoms with van der Waals surface area (Å²) in [6.45, 7) is 0.232. The van der Waals surface area contributed by atoms with Gasteiger partial charge in [-0.3, -0.25) is 4.98 Å². The standard InChI is InChI=1S/C21H17F3N6O/c1-31-19-11-26-16-4-3-13(6-17(16)30-19)15-7-14(25)10-29-20(15)28-9-12-2-5-18(27-8-12)21(22,23)24/h2-8,10-11H,9,25H2,1H3,(H,28,29). The van der Waals surface area contributed by atoms with Gasteiger partial charge >= 0.3 is 6.18 Å². The topological polar surface area (TPSA) is 98.8 Å². The van der Waals surface area contributed by atoms with Crippen LogP contribution in [0.5, 0.6) is 5.88 Å². The molecule has 0 saturated heterocycles. The van der Waals surface area contributed by atoms with Crippen LogP contribution in [-0.4, -0.2) is 27.0 Å². The van der Waals surface area contributed by atoms with Crippen LogP contribution < -0.4 is 15.8 Å². The van der Waals surface area contributed by atoms with E-state index in [1.807, 2.05) is 18.2 Å². The van der Waals surface area contributed by atoms with Crippen LogP contribution in [0.25, 0.3) is 22.2 Å². The van der Waals surface area contributed by atoms with Crippen molar-refractivity contribution in [2.24, 2.45) is 0 Å². The van der Waals surface area contributed by atoms with Crippen LogP contribution in [0.3, 0.4) is 0 Å². The minimum absolute atomic E-state index is 0.232. The van der Waals surface area contributed by atoms with Crippen molar-refractivity contribution in [2.45, 2.75) is 12.7 Å². The number of ether oxygens (including phenoxy) is 1. The average molecular weight is 426 g/mol. The van der Waals surface area contributed by atoms with E-state index in [0.29, 0.717) is 39.5 Å². The minimum atomic E-state index is -4.47. The lowest BCUT2D eigenvalue weighted by Crippen LogP contribution is -2.09. The molecule has 4 rings (SSSR count). The molecular weight excluding hydrogens is 409 g/mol. The van der Waals surface area contributed by atoms with Crippen LogP contribution in [-0.2, 0) is 12.7 Å². The number of alkyl halides is 3. The van der Waals surface area contributed by atoms with Crippen LogP contribution in [0, 0.1) is 0 Å². The largest absolute Gasteiger partial charge is 0.480 e. The Bertz CT molecular complexity index is 1230. The zero-order valence-corrected chi connectivity index (χ0v) is 16.3.